The van der Waals surface area contributed by atoms with Gasteiger partial charge in [-0.1, -0.05) is 29.4 Å². The number of hydrogen-bond donors (Lipinski definition) is 0. The van der Waals surface area contributed by atoms with E-state index in [4.69, 9.17) is 9.57 Å². The van der Waals surface area contributed by atoms with Crippen molar-refractivity contribution in [2.75, 3.05) is 0 Å². The van der Waals surface area contributed by atoms with Crippen LogP contribution in [0.5, 0.6) is 5.75 Å². The Hall–Kier alpha value is -3.36. The fourth-order valence-corrected chi connectivity index (χ4v) is 3.18. The van der Waals surface area contributed by atoms with Crippen LogP contribution in [0.3, 0.4) is 0 Å². The molecule has 0 amide bonds. The Morgan fingerprint density at radius 3 is 2.69 bits per heavy atom. The molecule has 1 aromatic heterocycles. The lowest BCUT2D eigenvalue weighted by molar-refractivity contribution is -0.274. The number of hydrogen-bond acceptors (Lipinski definition) is 6. The van der Waals surface area contributed by atoms with Crippen molar-refractivity contribution in [1.29, 1.82) is 0 Å². The molecule has 29 heavy (non-hydrogen) atoms. The molecule has 6 nitrogen and oxygen atoms in total. The number of allylic oxidation sites excluding steroid dienone is 2. The highest BCUT2D eigenvalue weighted by atomic mass is 19.4. The van der Waals surface area contributed by atoms with Crippen LogP contribution in [0.1, 0.15) is 18.3 Å². The summed E-state index contributed by atoms with van der Waals surface area (Å²) < 4.78 is 47.3. The number of aromatic nitrogens is 2. The largest absolute Gasteiger partial charge is 0.573 e. The van der Waals surface area contributed by atoms with E-state index in [2.05, 4.69) is 19.9 Å². The summed E-state index contributed by atoms with van der Waals surface area (Å²) in [4.78, 5) is 13.7. The number of rotatable bonds is 4. The second-order valence-electron chi connectivity index (χ2n) is 6.52. The molecule has 2 aromatic rings. The Labute approximate surface area is 164 Å². The third-order valence-corrected chi connectivity index (χ3v) is 4.43. The molecule has 4 rings (SSSR count). The third kappa shape index (κ3) is 4.39. The van der Waals surface area contributed by atoms with Gasteiger partial charge in [-0.2, -0.15) is 0 Å². The van der Waals surface area contributed by atoms with Gasteiger partial charge in [0.1, 0.15) is 18.3 Å². The Balaban J connectivity index is 1.55. The first kappa shape index (κ1) is 19.0. The van der Waals surface area contributed by atoms with Gasteiger partial charge in [-0.15, -0.1) is 13.2 Å². The smallest absolute Gasteiger partial charge is 0.470 e. The van der Waals surface area contributed by atoms with E-state index >= 15 is 0 Å². The van der Waals surface area contributed by atoms with Crippen molar-refractivity contribution < 1.29 is 27.5 Å². The molecule has 2 atom stereocenters. The number of oxime groups is 1. The number of halogens is 3. The van der Waals surface area contributed by atoms with Gasteiger partial charge in [-0.3, -0.25) is 0 Å². The molecule has 0 radical (unpaired) electrons. The molecule has 2 aliphatic rings. The molecular weight excluding hydrogens is 387 g/mol. The summed E-state index contributed by atoms with van der Waals surface area (Å²) in [5.41, 5.74) is 2.20. The molecule has 2 unspecified atom stereocenters. The molecular formula is C20H16F3N3O3. The maximum atomic E-state index is 12.5. The maximum Gasteiger partial charge on any atom is 0.573 e. The lowest BCUT2D eigenvalue weighted by Gasteiger charge is -2.22. The van der Waals surface area contributed by atoms with Crippen LogP contribution in [-0.4, -0.2) is 28.3 Å². The zero-order valence-electron chi connectivity index (χ0n) is 15.3. The molecule has 0 spiro atoms. The molecule has 1 aliphatic carbocycles. The topological polar surface area (TPSA) is 65.8 Å². The highest BCUT2D eigenvalue weighted by molar-refractivity contribution is 5.88. The zero-order valence-corrected chi connectivity index (χ0v) is 15.3. The summed E-state index contributed by atoms with van der Waals surface area (Å²) in [7, 11) is 0. The second kappa shape index (κ2) is 7.57. The Kier molecular flexibility index (Phi) is 4.96. The fourth-order valence-electron chi connectivity index (χ4n) is 3.18. The average molecular weight is 403 g/mol. The summed E-state index contributed by atoms with van der Waals surface area (Å²) >= 11 is 0. The predicted molar refractivity (Wildman–Crippen MR) is 97.5 cm³/mol. The third-order valence-electron chi connectivity index (χ3n) is 4.43. The number of nitrogens with zero attached hydrogens (tertiary/aromatic N) is 3. The number of alkyl halides is 3. The van der Waals surface area contributed by atoms with Gasteiger partial charge in [0.05, 0.1) is 0 Å². The molecule has 150 valence electrons. The van der Waals surface area contributed by atoms with Crippen molar-refractivity contribution in [2.45, 2.75) is 26.0 Å². The quantitative estimate of drug-likeness (QED) is 0.763. The van der Waals surface area contributed by atoms with Crippen LogP contribution in [0, 0.1) is 5.92 Å². The van der Waals surface area contributed by atoms with Gasteiger partial charge in [0.15, 0.2) is 11.9 Å². The minimum Gasteiger partial charge on any atom is -0.470 e. The number of fused-ring (bicyclic) bond motifs is 1. The molecule has 0 fully saturated rings. The summed E-state index contributed by atoms with van der Waals surface area (Å²) in [6.07, 6.45) is 1.88. The molecule has 1 aliphatic heterocycles. The van der Waals surface area contributed by atoms with E-state index in [0.717, 1.165) is 11.1 Å². The van der Waals surface area contributed by atoms with Gasteiger partial charge in [-0.25, -0.2) is 9.97 Å². The van der Waals surface area contributed by atoms with E-state index < -0.39 is 6.36 Å². The molecule has 0 saturated heterocycles. The highest BCUT2D eigenvalue weighted by Crippen LogP contribution is 2.36. The monoisotopic (exact) mass is 403 g/mol. The average Bonchev–Trinajstić information content (AvgIpc) is 3.10. The Bertz CT molecular complexity index is 987. The van der Waals surface area contributed by atoms with Crippen LogP contribution in [-0.2, 0) is 16.2 Å². The normalized spacial score (nSPS) is 20.8. The van der Waals surface area contributed by atoms with Crippen LogP contribution < -0.4 is 4.74 Å². The predicted octanol–water partition coefficient (Wildman–Crippen LogP) is 4.26. The first-order valence-corrected chi connectivity index (χ1v) is 8.78. The van der Waals surface area contributed by atoms with Crippen molar-refractivity contribution in [3.05, 3.63) is 71.8 Å². The summed E-state index contributed by atoms with van der Waals surface area (Å²) in [6.45, 7) is 2.01. The number of ether oxygens (including phenoxy) is 2. The Morgan fingerprint density at radius 2 is 1.93 bits per heavy atom. The lowest BCUT2D eigenvalue weighted by Crippen LogP contribution is -2.27. The van der Waals surface area contributed by atoms with Gasteiger partial charge in [0.25, 0.3) is 0 Å². The number of benzene rings is 1. The van der Waals surface area contributed by atoms with Crippen LogP contribution in [0.15, 0.2) is 65.6 Å². The highest BCUT2D eigenvalue weighted by Gasteiger charge is 2.38. The van der Waals surface area contributed by atoms with E-state index in [-0.39, 0.29) is 24.4 Å². The van der Waals surface area contributed by atoms with E-state index in [1.807, 2.05) is 19.1 Å². The maximum absolute atomic E-state index is 12.5. The van der Waals surface area contributed by atoms with Crippen LogP contribution >= 0.6 is 0 Å². The molecule has 0 saturated carbocycles. The zero-order chi connectivity index (χ0) is 20.4. The summed E-state index contributed by atoms with van der Waals surface area (Å²) in [5.74, 6) is 0.294. The van der Waals surface area contributed by atoms with Gasteiger partial charge in [0.2, 0.25) is 5.90 Å². The van der Waals surface area contributed by atoms with E-state index in [0.29, 0.717) is 17.3 Å². The van der Waals surface area contributed by atoms with Crippen molar-refractivity contribution in [3.8, 4) is 5.75 Å². The van der Waals surface area contributed by atoms with Gasteiger partial charge < -0.3 is 14.3 Å². The minimum atomic E-state index is -4.75. The lowest BCUT2D eigenvalue weighted by atomic mass is 9.86. The standard InChI is InChI=1S/C20H16F3N3O3/c1-12-8-14(13-4-2-5-15(9-13)28-20(21,22)23)10-16-18(12)29-26-19(16)27-11-17-24-6-3-7-25-17/h2-10,16,18H,11H2,1H3. The van der Waals surface area contributed by atoms with E-state index in [1.165, 1.54) is 18.2 Å². The second-order valence-corrected chi connectivity index (χ2v) is 6.52. The van der Waals surface area contributed by atoms with Crippen LogP contribution in [0.2, 0.25) is 0 Å². The molecule has 2 heterocycles. The van der Waals surface area contributed by atoms with Crippen molar-refractivity contribution >= 4 is 11.5 Å². The fraction of sp³-hybridized carbons (Fsp3) is 0.250. The van der Waals surface area contributed by atoms with E-state index in [1.54, 1.807) is 24.5 Å². The Morgan fingerprint density at radius 1 is 1.14 bits per heavy atom. The van der Waals surface area contributed by atoms with Crippen LogP contribution in [0.4, 0.5) is 13.2 Å². The van der Waals surface area contributed by atoms with Crippen molar-refractivity contribution in [2.24, 2.45) is 11.1 Å². The summed E-state index contributed by atoms with van der Waals surface area (Å²) in [5, 5.41) is 4.02. The first-order valence-electron chi connectivity index (χ1n) is 8.78. The van der Waals surface area contributed by atoms with Gasteiger partial charge in [0, 0.05) is 12.4 Å². The van der Waals surface area contributed by atoms with Gasteiger partial charge >= 0.3 is 6.36 Å². The van der Waals surface area contributed by atoms with Crippen molar-refractivity contribution in [3.63, 3.8) is 0 Å². The molecule has 0 N–H and O–H groups in total. The van der Waals surface area contributed by atoms with Crippen molar-refractivity contribution in [1.82, 2.24) is 9.97 Å². The van der Waals surface area contributed by atoms with E-state index in [9.17, 15) is 13.2 Å². The van der Waals surface area contributed by atoms with Crippen LogP contribution in [0.25, 0.3) is 5.57 Å². The van der Waals surface area contributed by atoms with Gasteiger partial charge in [-0.05, 0) is 41.8 Å². The molecule has 1 aromatic carbocycles. The SMILES string of the molecule is CC1=CC(c2cccc(OC(F)(F)F)c2)=CC2C(OCc3ncccn3)=NOC12. The first-order chi connectivity index (χ1) is 13.9. The minimum absolute atomic E-state index is 0.132. The molecule has 0 bridgehead atoms. The summed E-state index contributed by atoms with van der Waals surface area (Å²) in [6, 6.07) is 7.53. The molecule has 9 heteroatoms.